The number of rotatable bonds is 5. The van der Waals surface area contributed by atoms with Crippen LogP contribution in [0.15, 0.2) is 59.7 Å². The molecule has 2 N–H and O–H groups in total. The third-order valence-corrected chi connectivity index (χ3v) is 4.14. The van der Waals surface area contributed by atoms with Gasteiger partial charge in [0, 0.05) is 25.6 Å². The normalized spacial score (nSPS) is 17.5. The van der Waals surface area contributed by atoms with E-state index < -0.39 is 0 Å². The minimum absolute atomic E-state index is 0.0633. The van der Waals surface area contributed by atoms with E-state index >= 15 is 0 Å². The number of nitrogens with one attached hydrogen (secondary N) is 2. The number of benzene rings is 2. The van der Waals surface area contributed by atoms with Crippen molar-refractivity contribution in [3.8, 4) is 5.75 Å². The standard InChI is InChI=1S/C19H21N3O2S/c1-23-12-11-20-19(25)22-21-16-13-18(14-7-3-2-4-8-14)24-17-10-6-5-9-15(16)17/h2-10,18H,11-13H2,1H3,(H2,20,22,25)/b21-16-. The second-order valence-corrected chi connectivity index (χ2v) is 6.04. The third kappa shape index (κ3) is 4.55. The minimum Gasteiger partial charge on any atom is -0.485 e. The van der Waals surface area contributed by atoms with Crippen LogP contribution in [-0.4, -0.2) is 31.1 Å². The molecule has 1 aliphatic rings. The molecule has 6 heteroatoms. The van der Waals surface area contributed by atoms with E-state index in [2.05, 4.69) is 28.0 Å². The van der Waals surface area contributed by atoms with E-state index in [-0.39, 0.29) is 6.10 Å². The molecule has 0 saturated carbocycles. The average molecular weight is 355 g/mol. The number of para-hydroxylation sites is 1. The highest BCUT2D eigenvalue weighted by molar-refractivity contribution is 7.80. The molecule has 1 aliphatic heterocycles. The highest BCUT2D eigenvalue weighted by atomic mass is 32.1. The van der Waals surface area contributed by atoms with Crippen LogP contribution < -0.4 is 15.5 Å². The van der Waals surface area contributed by atoms with E-state index in [0.29, 0.717) is 24.7 Å². The van der Waals surface area contributed by atoms with Crippen molar-refractivity contribution in [2.24, 2.45) is 5.10 Å². The monoisotopic (exact) mass is 355 g/mol. The van der Waals surface area contributed by atoms with Crippen LogP contribution in [0.1, 0.15) is 23.7 Å². The molecule has 0 aliphatic carbocycles. The second-order valence-electron chi connectivity index (χ2n) is 5.64. The van der Waals surface area contributed by atoms with Gasteiger partial charge in [0.2, 0.25) is 0 Å². The first-order valence-corrected chi connectivity index (χ1v) is 8.59. The van der Waals surface area contributed by atoms with E-state index in [1.54, 1.807) is 7.11 Å². The van der Waals surface area contributed by atoms with Crippen LogP contribution >= 0.6 is 12.2 Å². The number of hydrogen-bond donors (Lipinski definition) is 2. The fraction of sp³-hybridized carbons (Fsp3) is 0.263. The van der Waals surface area contributed by atoms with Gasteiger partial charge in [-0.05, 0) is 29.9 Å². The molecule has 0 saturated heterocycles. The van der Waals surface area contributed by atoms with Gasteiger partial charge in [0.1, 0.15) is 11.9 Å². The predicted octanol–water partition coefficient (Wildman–Crippen LogP) is 3.03. The van der Waals surface area contributed by atoms with Crippen molar-refractivity contribution in [2.75, 3.05) is 20.3 Å². The molecule has 2 aromatic rings. The van der Waals surface area contributed by atoms with Crippen LogP contribution in [0.5, 0.6) is 5.75 Å². The Balaban J connectivity index is 1.77. The largest absolute Gasteiger partial charge is 0.485 e. The molecule has 25 heavy (non-hydrogen) atoms. The summed E-state index contributed by atoms with van der Waals surface area (Å²) in [6.45, 7) is 1.23. The Hall–Kier alpha value is -2.44. The van der Waals surface area contributed by atoms with Gasteiger partial charge in [0.25, 0.3) is 0 Å². The number of fused-ring (bicyclic) bond motifs is 1. The molecule has 3 rings (SSSR count). The summed E-state index contributed by atoms with van der Waals surface area (Å²) in [6.07, 6.45) is 0.612. The molecule has 5 nitrogen and oxygen atoms in total. The molecule has 1 unspecified atom stereocenters. The van der Waals surface area contributed by atoms with Gasteiger partial charge < -0.3 is 14.8 Å². The smallest absolute Gasteiger partial charge is 0.187 e. The first-order chi connectivity index (χ1) is 12.3. The van der Waals surface area contributed by atoms with Crippen molar-refractivity contribution >= 4 is 23.0 Å². The van der Waals surface area contributed by atoms with Crippen LogP contribution in [0.3, 0.4) is 0 Å². The molecule has 1 atom stereocenters. The SMILES string of the molecule is COCCNC(=S)N/N=C1/CC(c2ccccc2)Oc2ccccc21. The zero-order valence-electron chi connectivity index (χ0n) is 14.1. The molecule has 0 radical (unpaired) electrons. The molecular formula is C19H21N3O2S. The number of methoxy groups -OCH3 is 1. The Labute approximate surface area is 153 Å². The maximum atomic E-state index is 6.16. The van der Waals surface area contributed by atoms with Gasteiger partial charge in [-0.2, -0.15) is 5.10 Å². The molecule has 130 valence electrons. The molecular weight excluding hydrogens is 334 g/mol. The lowest BCUT2D eigenvalue weighted by Gasteiger charge is -2.27. The van der Waals surface area contributed by atoms with Gasteiger partial charge in [-0.1, -0.05) is 42.5 Å². The molecule has 0 fully saturated rings. The van der Waals surface area contributed by atoms with Gasteiger partial charge in [0.05, 0.1) is 12.3 Å². The fourth-order valence-corrected chi connectivity index (χ4v) is 2.82. The summed E-state index contributed by atoms with van der Waals surface area (Å²) in [5.41, 5.74) is 5.96. The third-order valence-electron chi connectivity index (χ3n) is 3.90. The van der Waals surface area contributed by atoms with Crippen molar-refractivity contribution in [2.45, 2.75) is 12.5 Å². The molecule has 2 aromatic carbocycles. The van der Waals surface area contributed by atoms with Crippen LogP contribution in [0.4, 0.5) is 0 Å². The van der Waals surface area contributed by atoms with Gasteiger partial charge >= 0.3 is 0 Å². The molecule has 0 spiro atoms. The highest BCUT2D eigenvalue weighted by Gasteiger charge is 2.26. The van der Waals surface area contributed by atoms with E-state index in [9.17, 15) is 0 Å². The van der Waals surface area contributed by atoms with E-state index in [4.69, 9.17) is 21.7 Å². The predicted molar refractivity (Wildman–Crippen MR) is 103 cm³/mol. The summed E-state index contributed by atoms with van der Waals surface area (Å²) in [5, 5.41) is 8.04. The van der Waals surface area contributed by atoms with Crippen molar-refractivity contribution in [1.29, 1.82) is 0 Å². The number of nitrogens with zero attached hydrogens (tertiary/aromatic N) is 1. The summed E-state index contributed by atoms with van der Waals surface area (Å²) in [4.78, 5) is 0. The lowest BCUT2D eigenvalue weighted by Crippen LogP contribution is -2.35. The van der Waals surface area contributed by atoms with Crippen LogP contribution in [0, 0.1) is 0 Å². The Kier molecular flexibility index (Phi) is 5.98. The first kappa shape index (κ1) is 17.4. The zero-order valence-corrected chi connectivity index (χ0v) is 14.9. The summed E-state index contributed by atoms with van der Waals surface area (Å²) in [6, 6.07) is 18.1. The molecule has 1 heterocycles. The maximum absolute atomic E-state index is 6.16. The Morgan fingerprint density at radius 2 is 1.96 bits per heavy atom. The quantitative estimate of drug-likeness (QED) is 0.491. The van der Waals surface area contributed by atoms with Gasteiger partial charge in [-0.15, -0.1) is 0 Å². The lowest BCUT2D eigenvalue weighted by molar-refractivity contribution is 0.204. The Morgan fingerprint density at radius 1 is 1.20 bits per heavy atom. The minimum atomic E-state index is -0.0633. The maximum Gasteiger partial charge on any atom is 0.187 e. The van der Waals surface area contributed by atoms with Crippen molar-refractivity contribution in [1.82, 2.24) is 10.7 Å². The van der Waals surface area contributed by atoms with Crippen LogP contribution in [0.25, 0.3) is 0 Å². The van der Waals surface area contributed by atoms with Crippen LogP contribution in [-0.2, 0) is 4.74 Å². The fourth-order valence-electron chi connectivity index (χ4n) is 2.67. The number of ether oxygens (including phenoxy) is 2. The van der Waals surface area contributed by atoms with E-state index in [1.165, 1.54) is 0 Å². The summed E-state index contributed by atoms with van der Waals surface area (Å²) < 4.78 is 11.2. The Bertz CT molecular complexity index is 749. The summed E-state index contributed by atoms with van der Waals surface area (Å²) in [7, 11) is 1.65. The topological polar surface area (TPSA) is 54.9 Å². The molecule has 0 amide bonds. The van der Waals surface area contributed by atoms with E-state index in [1.807, 2.05) is 42.5 Å². The van der Waals surface area contributed by atoms with Gasteiger partial charge in [-0.25, -0.2) is 0 Å². The lowest BCUT2D eigenvalue weighted by atomic mass is 9.96. The molecule has 0 aromatic heterocycles. The van der Waals surface area contributed by atoms with Crippen molar-refractivity contribution < 1.29 is 9.47 Å². The first-order valence-electron chi connectivity index (χ1n) is 8.18. The zero-order chi connectivity index (χ0) is 17.5. The second kappa shape index (κ2) is 8.60. The van der Waals surface area contributed by atoms with Gasteiger partial charge in [0.15, 0.2) is 5.11 Å². The summed E-state index contributed by atoms with van der Waals surface area (Å²) >= 11 is 5.24. The number of thiocarbonyl (C=S) groups is 1. The number of hydrogen-bond acceptors (Lipinski definition) is 4. The summed E-state index contributed by atoms with van der Waals surface area (Å²) in [5.74, 6) is 0.835. The van der Waals surface area contributed by atoms with Crippen molar-refractivity contribution in [3.63, 3.8) is 0 Å². The number of hydrazone groups is 1. The van der Waals surface area contributed by atoms with Crippen LogP contribution in [0.2, 0.25) is 0 Å². The average Bonchev–Trinajstić information content (AvgIpc) is 2.67. The molecule has 0 bridgehead atoms. The van der Waals surface area contributed by atoms with Gasteiger partial charge in [-0.3, -0.25) is 5.43 Å². The van der Waals surface area contributed by atoms with Crippen molar-refractivity contribution in [3.05, 3.63) is 65.7 Å². The Morgan fingerprint density at radius 3 is 2.76 bits per heavy atom. The highest BCUT2D eigenvalue weighted by Crippen LogP contribution is 2.34. The van der Waals surface area contributed by atoms with E-state index in [0.717, 1.165) is 22.6 Å².